The van der Waals surface area contributed by atoms with Crippen LogP contribution < -0.4 is 10.6 Å². The molecule has 1 fully saturated rings. The largest absolute Gasteiger partial charge is 0.350 e. The maximum Gasteiger partial charge on any atom is 0.261 e. The van der Waals surface area contributed by atoms with Crippen LogP contribution in [0.4, 0.5) is 0 Å². The topological polar surface area (TPSA) is 41.1 Å². The lowest BCUT2D eigenvalue weighted by molar-refractivity contribution is 0.0954. The van der Waals surface area contributed by atoms with E-state index >= 15 is 0 Å². The van der Waals surface area contributed by atoms with E-state index in [-0.39, 0.29) is 18.3 Å². The predicted molar refractivity (Wildman–Crippen MR) is 82.4 cm³/mol. The van der Waals surface area contributed by atoms with Crippen molar-refractivity contribution in [3.05, 3.63) is 35.2 Å². The Morgan fingerprint density at radius 1 is 1.42 bits per heavy atom. The van der Waals surface area contributed by atoms with Crippen molar-refractivity contribution < 1.29 is 4.79 Å². The minimum absolute atomic E-state index is 0. The molecule has 1 aliphatic heterocycles. The molecule has 0 aliphatic carbocycles. The Hall–Kier alpha value is -1.10. The van der Waals surface area contributed by atoms with Crippen LogP contribution in [-0.4, -0.2) is 25.0 Å². The monoisotopic (exact) mass is 296 g/mol. The third kappa shape index (κ3) is 3.26. The zero-order chi connectivity index (χ0) is 12.4. The molecule has 19 heavy (non-hydrogen) atoms. The van der Waals surface area contributed by atoms with Gasteiger partial charge in [0.15, 0.2) is 0 Å². The van der Waals surface area contributed by atoms with Gasteiger partial charge in [0, 0.05) is 17.3 Å². The Bertz CT molecular complexity index is 530. The molecule has 1 aromatic heterocycles. The van der Waals surface area contributed by atoms with Crippen LogP contribution in [-0.2, 0) is 0 Å². The van der Waals surface area contributed by atoms with Gasteiger partial charge in [-0.3, -0.25) is 4.79 Å². The molecule has 2 N–H and O–H groups in total. The molecule has 1 aliphatic rings. The van der Waals surface area contributed by atoms with Gasteiger partial charge in [0.1, 0.15) is 0 Å². The Labute approximate surface area is 122 Å². The van der Waals surface area contributed by atoms with Gasteiger partial charge in [-0.15, -0.1) is 23.7 Å². The van der Waals surface area contributed by atoms with Gasteiger partial charge in [-0.05, 0) is 36.9 Å². The van der Waals surface area contributed by atoms with Crippen LogP contribution in [0.2, 0.25) is 0 Å². The van der Waals surface area contributed by atoms with E-state index in [1.807, 2.05) is 24.3 Å². The van der Waals surface area contributed by atoms with Crippen LogP contribution >= 0.6 is 23.7 Å². The summed E-state index contributed by atoms with van der Waals surface area (Å²) in [6, 6.07) is 10.5. The molecular weight excluding hydrogens is 280 g/mol. The summed E-state index contributed by atoms with van der Waals surface area (Å²) in [5.74, 6) is 0.0462. The molecule has 3 rings (SSSR count). The molecule has 102 valence electrons. The third-order valence-electron chi connectivity index (χ3n) is 3.32. The normalized spacial score (nSPS) is 18.2. The zero-order valence-corrected chi connectivity index (χ0v) is 12.2. The van der Waals surface area contributed by atoms with Gasteiger partial charge >= 0.3 is 0 Å². The second-order valence-electron chi connectivity index (χ2n) is 4.65. The van der Waals surface area contributed by atoms with E-state index in [0.717, 1.165) is 29.8 Å². The first kappa shape index (κ1) is 14.3. The molecule has 1 atom stereocenters. The maximum absolute atomic E-state index is 12.0. The van der Waals surface area contributed by atoms with Crippen molar-refractivity contribution in [2.24, 2.45) is 0 Å². The lowest BCUT2D eigenvalue weighted by atomic mass is 10.2. The number of hydrogen-bond donors (Lipinski definition) is 2. The van der Waals surface area contributed by atoms with E-state index in [1.165, 1.54) is 11.1 Å². The number of rotatable bonds is 3. The number of carbonyl (C=O) groups is 1. The molecule has 5 heteroatoms. The molecule has 0 saturated carbocycles. The van der Waals surface area contributed by atoms with Gasteiger partial charge in [0.2, 0.25) is 0 Å². The minimum atomic E-state index is 0. The number of hydrogen-bond acceptors (Lipinski definition) is 3. The smallest absolute Gasteiger partial charge is 0.261 e. The summed E-state index contributed by atoms with van der Waals surface area (Å²) in [5.41, 5.74) is 0. The van der Waals surface area contributed by atoms with E-state index in [0.29, 0.717) is 6.04 Å². The second kappa shape index (κ2) is 6.37. The van der Waals surface area contributed by atoms with Crippen molar-refractivity contribution in [2.75, 3.05) is 13.1 Å². The lowest BCUT2D eigenvalue weighted by Gasteiger charge is -2.10. The van der Waals surface area contributed by atoms with Crippen LogP contribution in [0.1, 0.15) is 22.5 Å². The first-order chi connectivity index (χ1) is 8.83. The average molecular weight is 297 g/mol. The summed E-state index contributed by atoms with van der Waals surface area (Å²) < 4.78 is 1.17. The van der Waals surface area contributed by atoms with Crippen molar-refractivity contribution >= 4 is 39.7 Å². The van der Waals surface area contributed by atoms with Crippen molar-refractivity contribution in [3.63, 3.8) is 0 Å². The standard InChI is InChI=1S/C14H16N2OS.ClH/c17-14(16-9-11-5-3-7-15-11)13-8-10-4-1-2-6-12(10)18-13;/h1-2,4,6,8,11,15H,3,5,7,9H2,(H,16,17);1H. The van der Waals surface area contributed by atoms with Gasteiger partial charge in [-0.25, -0.2) is 0 Å². The average Bonchev–Trinajstić information content (AvgIpc) is 3.04. The van der Waals surface area contributed by atoms with E-state index in [1.54, 1.807) is 11.3 Å². The number of nitrogens with one attached hydrogen (secondary N) is 2. The van der Waals surface area contributed by atoms with E-state index in [4.69, 9.17) is 0 Å². The van der Waals surface area contributed by atoms with E-state index in [9.17, 15) is 4.79 Å². The first-order valence-corrected chi connectivity index (χ1v) is 7.15. The fourth-order valence-electron chi connectivity index (χ4n) is 2.33. The molecule has 0 spiro atoms. The van der Waals surface area contributed by atoms with Gasteiger partial charge in [0.05, 0.1) is 4.88 Å². The van der Waals surface area contributed by atoms with Crippen molar-refractivity contribution in [1.82, 2.24) is 10.6 Å². The van der Waals surface area contributed by atoms with Crippen LogP contribution in [0.5, 0.6) is 0 Å². The number of thiophene rings is 1. The summed E-state index contributed by atoms with van der Waals surface area (Å²) in [5, 5.41) is 7.53. The Balaban J connectivity index is 0.00000133. The van der Waals surface area contributed by atoms with Crippen LogP contribution in [0, 0.1) is 0 Å². The van der Waals surface area contributed by atoms with Gasteiger partial charge in [0.25, 0.3) is 5.91 Å². The van der Waals surface area contributed by atoms with Crippen molar-refractivity contribution in [2.45, 2.75) is 18.9 Å². The lowest BCUT2D eigenvalue weighted by Crippen LogP contribution is -2.36. The highest BCUT2D eigenvalue weighted by Crippen LogP contribution is 2.25. The highest BCUT2D eigenvalue weighted by atomic mass is 35.5. The highest BCUT2D eigenvalue weighted by molar-refractivity contribution is 7.20. The SMILES string of the molecule is Cl.O=C(NCC1CCCN1)c1cc2ccccc2s1. The van der Waals surface area contributed by atoms with E-state index < -0.39 is 0 Å². The summed E-state index contributed by atoms with van der Waals surface area (Å²) in [4.78, 5) is 12.8. The Morgan fingerprint density at radius 2 is 2.26 bits per heavy atom. The molecule has 3 nitrogen and oxygen atoms in total. The predicted octanol–water partition coefficient (Wildman–Crippen LogP) is 2.80. The summed E-state index contributed by atoms with van der Waals surface area (Å²) in [6.45, 7) is 1.80. The molecule has 1 amide bonds. The first-order valence-electron chi connectivity index (χ1n) is 6.33. The van der Waals surface area contributed by atoms with Crippen LogP contribution in [0.3, 0.4) is 0 Å². The molecule has 1 unspecified atom stereocenters. The third-order valence-corrected chi connectivity index (χ3v) is 4.44. The number of benzene rings is 1. The minimum Gasteiger partial charge on any atom is -0.350 e. The van der Waals surface area contributed by atoms with Gasteiger partial charge in [-0.2, -0.15) is 0 Å². The Morgan fingerprint density at radius 3 is 3.00 bits per heavy atom. The van der Waals surface area contributed by atoms with Gasteiger partial charge in [-0.1, -0.05) is 18.2 Å². The molecule has 0 radical (unpaired) electrons. The quantitative estimate of drug-likeness (QED) is 0.914. The van der Waals surface area contributed by atoms with Crippen LogP contribution in [0.25, 0.3) is 10.1 Å². The van der Waals surface area contributed by atoms with Crippen molar-refractivity contribution in [3.8, 4) is 0 Å². The zero-order valence-electron chi connectivity index (χ0n) is 10.5. The van der Waals surface area contributed by atoms with Crippen molar-refractivity contribution in [1.29, 1.82) is 0 Å². The molecule has 1 aromatic carbocycles. The summed E-state index contributed by atoms with van der Waals surface area (Å²) >= 11 is 1.56. The highest BCUT2D eigenvalue weighted by Gasteiger charge is 2.16. The second-order valence-corrected chi connectivity index (χ2v) is 5.74. The molecule has 0 bridgehead atoms. The van der Waals surface area contributed by atoms with Crippen LogP contribution in [0.15, 0.2) is 30.3 Å². The van der Waals surface area contributed by atoms with E-state index in [2.05, 4.69) is 16.7 Å². The fourth-order valence-corrected chi connectivity index (χ4v) is 3.31. The molecule has 2 heterocycles. The fraction of sp³-hybridized carbons (Fsp3) is 0.357. The number of halogens is 1. The molecular formula is C14H17ClN2OS. The molecule has 2 aromatic rings. The van der Waals surface area contributed by atoms with Gasteiger partial charge < -0.3 is 10.6 Å². The number of amides is 1. The number of carbonyl (C=O) groups excluding carboxylic acids is 1. The Kier molecular flexibility index (Phi) is 4.80. The summed E-state index contributed by atoms with van der Waals surface area (Å²) in [7, 11) is 0. The molecule has 1 saturated heterocycles. The maximum atomic E-state index is 12.0. The summed E-state index contributed by atoms with van der Waals surface area (Å²) in [6.07, 6.45) is 2.37. The number of fused-ring (bicyclic) bond motifs is 1.